The summed E-state index contributed by atoms with van der Waals surface area (Å²) in [6, 6.07) is 21.5. The zero-order valence-corrected chi connectivity index (χ0v) is 21.8. The molecule has 3 rings (SSSR count). The molecule has 0 bridgehead atoms. The Bertz CT molecular complexity index is 1180. The average molecular weight is 523 g/mol. The third-order valence-electron chi connectivity index (χ3n) is 5.58. The van der Waals surface area contributed by atoms with Crippen LogP contribution >= 0.6 is 0 Å². The van der Waals surface area contributed by atoms with Crippen molar-refractivity contribution in [2.45, 2.75) is 12.4 Å². The molecule has 0 aliphatic rings. The van der Waals surface area contributed by atoms with Crippen molar-refractivity contribution in [3.8, 4) is 23.0 Å². The van der Waals surface area contributed by atoms with Gasteiger partial charge in [0.25, 0.3) is 0 Å². The van der Waals surface area contributed by atoms with E-state index >= 15 is 0 Å². The summed E-state index contributed by atoms with van der Waals surface area (Å²) in [5, 5.41) is 13.4. The SMILES string of the molecule is COc1ccc(C=C(C(N)=O)c2ccc(OCC(O)CNCC(OC)Oc3ccccc3)cc2)c(OC)c1. The van der Waals surface area contributed by atoms with Gasteiger partial charge >= 0.3 is 0 Å². The van der Waals surface area contributed by atoms with Crippen LogP contribution in [0.15, 0.2) is 72.8 Å². The van der Waals surface area contributed by atoms with E-state index in [2.05, 4.69) is 5.32 Å². The predicted octanol–water partition coefficient (Wildman–Crippen LogP) is 3.11. The van der Waals surface area contributed by atoms with Crippen LogP contribution in [0.25, 0.3) is 11.6 Å². The molecule has 9 heteroatoms. The molecule has 0 saturated heterocycles. The van der Waals surface area contributed by atoms with E-state index in [1.165, 1.54) is 0 Å². The van der Waals surface area contributed by atoms with Crippen LogP contribution in [0.1, 0.15) is 11.1 Å². The van der Waals surface area contributed by atoms with Crippen molar-refractivity contribution in [1.29, 1.82) is 0 Å². The van der Waals surface area contributed by atoms with Crippen LogP contribution in [0.5, 0.6) is 23.0 Å². The fourth-order valence-corrected chi connectivity index (χ4v) is 3.56. The minimum atomic E-state index is -0.757. The standard InChI is InChI=1S/C29H34N2O7/c1-34-25-14-11-21(27(16-25)35-2)15-26(29(30)33)20-9-12-23(13-10-20)37-19-22(32)17-31-18-28(36-3)38-24-7-5-4-6-8-24/h4-16,22,28,31-32H,17-19H2,1-3H3,(H2,30,33). The van der Waals surface area contributed by atoms with E-state index < -0.39 is 18.3 Å². The van der Waals surface area contributed by atoms with Gasteiger partial charge in [0, 0.05) is 30.9 Å². The lowest BCUT2D eigenvalue weighted by Crippen LogP contribution is -2.38. The number of methoxy groups -OCH3 is 3. The number of aliphatic hydroxyl groups is 1. The van der Waals surface area contributed by atoms with Crippen molar-refractivity contribution in [2.75, 3.05) is 41.0 Å². The van der Waals surface area contributed by atoms with Crippen molar-refractivity contribution in [2.24, 2.45) is 5.73 Å². The zero-order valence-electron chi connectivity index (χ0n) is 21.8. The van der Waals surface area contributed by atoms with Crippen molar-refractivity contribution in [3.63, 3.8) is 0 Å². The molecule has 0 aromatic heterocycles. The maximum atomic E-state index is 12.2. The molecule has 0 aliphatic heterocycles. The summed E-state index contributed by atoms with van der Waals surface area (Å²) in [6.45, 7) is 0.748. The number of nitrogens with one attached hydrogen (secondary N) is 1. The van der Waals surface area contributed by atoms with Gasteiger partial charge in [-0.25, -0.2) is 0 Å². The molecule has 4 N–H and O–H groups in total. The summed E-state index contributed by atoms with van der Waals surface area (Å²) in [6.07, 6.45) is 0.414. The lowest BCUT2D eigenvalue weighted by atomic mass is 10.0. The van der Waals surface area contributed by atoms with Gasteiger partial charge in [0.05, 0.1) is 20.8 Å². The van der Waals surface area contributed by atoms with Crippen LogP contribution in [-0.4, -0.2) is 64.4 Å². The number of rotatable bonds is 15. The van der Waals surface area contributed by atoms with Gasteiger partial charge in [0.15, 0.2) is 0 Å². The molecule has 0 fully saturated rings. The molecule has 0 spiro atoms. The highest BCUT2D eigenvalue weighted by molar-refractivity contribution is 6.23. The average Bonchev–Trinajstić information content (AvgIpc) is 2.95. The van der Waals surface area contributed by atoms with Gasteiger partial charge < -0.3 is 39.8 Å². The third-order valence-corrected chi connectivity index (χ3v) is 5.58. The minimum absolute atomic E-state index is 0.0745. The Morgan fingerprint density at radius 1 is 0.921 bits per heavy atom. The summed E-state index contributed by atoms with van der Waals surface area (Å²) in [4.78, 5) is 12.2. The first-order valence-electron chi connectivity index (χ1n) is 12.0. The zero-order chi connectivity index (χ0) is 27.3. The summed E-state index contributed by atoms with van der Waals surface area (Å²) < 4.78 is 27.4. The first-order chi connectivity index (χ1) is 18.4. The Labute approximate surface area is 222 Å². The van der Waals surface area contributed by atoms with E-state index in [9.17, 15) is 9.90 Å². The second-order valence-electron chi connectivity index (χ2n) is 8.27. The van der Waals surface area contributed by atoms with E-state index in [0.29, 0.717) is 46.2 Å². The van der Waals surface area contributed by atoms with E-state index in [-0.39, 0.29) is 13.2 Å². The highest BCUT2D eigenvalue weighted by Crippen LogP contribution is 2.29. The van der Waals surface area contributed by atoms with Gasteiger partial charge in [0.2, 0.25) is 12.2 Å². The van der Waals surface area contributed by atoms with Crippen LogP contribution in [-0.2, 0) is 9.53 Å². The number of nitrogens with two attached hydrogens (primary N) is 1. The molecule has 202 valence electrons. The number of ether oxygens (including phenoxy) is 5. The van der Waals surface area contributed by atoms with E-state index in [1.807, 2.05) is 30.3 Å². The van der Waals surface area contributed by atoms with E-state index in [1.54, 1.807) is 69.9 Å². The molecule has 9 nitrogen and oxygen atoms in total. The fraction of sp³-hybridized carbons (Fsp3) is 0.276. The smallest absolute Gasteiger partial charge is 0.249 e. The highest BCUT2D eigenvalue weighted by atomic mass is 16.7. The number of benzene rings is 3. The Morgan fingerprint density at radius 3 is 2.26 bits per heavy atom. The molecular formula is C29H34N2O7. The lowest BCUT2D eigenvalue weighted by Gasteiger charge is -2.19. The van der Waals surface area contributed by atoms with Crippen LogP contribution in [0, 0.1) is 0 Å². The Balaban J connectivity index is 1.53. The Hall–Kier alpha value is -4.05. The molecule has 1 amide bonds. The maximum absolute atomic E-state index is 12.2. The predicted molar refractivity (Wildman–Crippen MR) is 145 cm³/mol. The first-order valence-corrected chi connectivity index (χ1v) is 12.0. The number of hydrogen-bond donors (Lipinski definition) is 3. The topological polar surface area (TPSA) is 122 Å². The van der Waals surface area contributed by atoms with Gasteiger partial charge in [-0.15, -0.1) is 0 Å². The summed E-state index contributed by atoms with van der Waals surface area (Å²) in [7, 11) is 4.67. The van der Waals surface area contributed by atoms with Gasteiger partial charge in [-0.1, -0.05) is 30.3 Å². The highest BCUT2D eigenvalue weighted by Gasteiger charge is 2.13. The number of carbonyl (C=O) groups excluding carboxylic acids is 1. The number of aliphatic hydroxyl groups excluding tert-OH is 1. The largest absolute Gasteiger partial charge is 0.497 e. The van der Waals surface area contributed by atoms with Crippen LogP contribution in [0.3, 0.4) is 0 Å². The second kappa shape index (κ2) is 14.6. The van der Waals surface area contributed by atoms with Crippen LogP contribution in [0.2, 0.25) is 0 Å². The van der Waals surface area contributed by atoms with Gasteiger partial charge in [-0.05, 0) is 48.0 Å². The first kappa shape index (κ1) is 28.5. The summed E-state index contributed by atoms with van der Waals surface area (Å²) in [5.74, 6) is 1.85. The van der Waals surface area contributed by atoms with E-state index in [4.69, 9.17) is 29.4 Å². The number of amides is 1. The molecular weight excluding hydrogens is 488 g/mol. The van der Waals surface area contributed by atoms with Crippen LogP contribution in [0.4, 0.5) is 0 Å². The number of para-hydroxylation sites is 1. The molecule has 3 aromatic carbocycles. The van der Waals surface area contributed by atoms with Gasteiger partial charge in [-0.2, -0.15) is 0 Å². The molecule has 0 aliphatic carbocycles. The third kappa shape index (κ3) is 8.52. The quantitative estimate of drug-likeness (QED) is 0.158. The van der Waals surface area contributed by atoms with E-state index in [0.717, 1.165) is 0 Å². The molecule has 0 heterocycles. The second-order valence-corrected chi connectivity index (χ2v) is 8.27. The van der Waals surface area contributed by atoms with Gasteiger partial charge in [0.1, 0.15) is 35.7 Å². The molecule has 3 aromatic rings. The Morgan fingerprint density at radius 2 is 1.63 bits per heavy atom. The molecule has 2 atom stereocenters. The van der Waals surface area contributed by atoms with Crippen molar-refractivity contribution < 1.29 is 33.6 Å². The number of hydrogen-bond acceptors (Lipinski definition) is 8. The summed E-state index contributed by atoms with van der Waals surface area (Å²) >= 11 is 0. The number of primary amides is 1. The fourth-order valence-electron chi connectivity index (χ4n) is 3.56. The monoisotopic (exact) mass is 522 g/mol. The van der Waals surface area contributed by atoms with Crippen molar-refractivity contribution >= 4 is 17.6 Å². The van der Waals surface area contributed by atoms with Crippen molar-refractivity contribution in [1.82, 2.24) is 5.32 Å². The summed E-state index contributed by atoms with van der Waals surface area (Å²) in [5.41, 5.74) is 7.28. The Kier molecular flexibility index (Phi) is 11.0. The minimum Gasteiger partial charge on any atom is -0.497 e. The maximum Gasteiger partial charge on any atom is 0.249 e. The molecule has 0 radical (unpaired) electrons. The number of carbonyl (C=O) groups is 1. The van der Waals surface area contributed by atoms with Crippen LogP contribution < -0.4 is 30.0 Å². The lowest BCUT2D eigenvalue weighted by molar-refractivity contribution is -0.112. The molecule has 0 saturated carbocycles. The van der Waals surface area contributed by atoms with Crippen molar-refractivity contribution in [3.05, 3.63) is 83.9 Å². The molecule has 38 heavy (non-hydrogen) atoms. The van der Waals surface area contributed by atoms with Gasteiger partial charge in [-0.3, -0.25) is 4.79 Å². The molecule has 2 unspecified atom stereocenters. The normalized spacial score (nSPS) is 12.9.